The number of hydrogen-bond acceptors (Lipinski definition) is 10. The van der Waals surface area contributed by atoms with E-state index >= 15 is 0 Å². The minimum absolute atomic E-state index is 0.0421. The molecule has 5 rings (SSSR count). The summed E-state index contributed by atoms with van der Waals surface area (Å²) in [6, 6.07) is 17.2. The van der Waals surface area contributed by atoms with Crippen LogP contribution in [0.15, 0.2) is 72.8 Å². The average molecular weight is 761 g/mol. The van der Waals surface area contributed by atoms with Crippen LogP contribution in [0, 0.1) is 0 Å². The van der Waals surface area contributed by atoms with Crippen molar-refractivity contribution in [1.82, 2.24) is 25.6 Å². The standard InChI is InChI=1S/C34H30Cl2F3N7O6/c35-22-8-6-21(7-9-22)33(13-14-33)46-31-43-30(44-32(45-31)52-18-34(37,38)39)41-24-10-4-20(5-11-24)27(48)42-25(29(50)51)12-15-40-28(49)26(47)17-19-2-1-3-23(36)16-19/h1-11,16,25H,12-15,17-18H2,(H,40,49)(H,42,48)(H,50,51)(H2,41,43,44,45,46)/t25-/m0/s1. The zero-order chi connectivity index (χ0) is 37.5. The third-order valence-electron chi connectivity index (χ3n) is 7.71. The number of carboxylic acid groups (broad SMARTS) is 1. The first kappa shape index (κ1) is 37.8. The van der Waals surface area contributed by atoms with Gasteiger partial charge in [-0.15, -0.1) is 0 Å². The summed E-state index contributed by atoms with van der Waals surface area (Å²) in [6.45, 7) is -1.84. The highest BCUT2D eigenvalue weighted by atomic mass is 35.5. The predicted octanol–water partition coefficient (Wildman–Crippen LogP) is 5.47. The Morgan fingerprint density at radius 1 is 0.904 bits per heavy atom. The fourth-order valence-electron chi connectivity index (χ4n) is 4.95. The van der Waals surface area contributed by atoms with E-state index in [1.165, 1.54) is 24.3 Å². The number of alkyl halides is 3. The topological polar surface area (TPSA) is 185 Å². The molecule has 0 radical (unpaired) electrons. The van der Waals surface area contributed by atoms with Gasteiger partial charge in [0.2, 0.25) is 17.7 Å². The molecular weight excluding hydrogens is 730 g/mol. The van der Waals surface area contributed by atoms with E-state index in [1.807, 2.05) is 12.1 Å². The molecule has 1 heterocycles. The van der Waals surface area contributed by atoms with Gasteiger partial charge in [0, 0.05) is 34.3 Å². The number of aliphatic carboxylic acids is 1. The Morgan fingerprint density at radius 2 is 1.60 bits per heavy atom. The Balaban J connectivity index is 1.19. The van der Waals surface area contributed by atoms with Crippen LogP contribution in [0.25, 0.3) is 0 Å². The largest absolute Gasteiger partial charge is 0.480 e. The second kappa shape index (κ2) is 16.2. The molecule has 18 heteroatoms. The van der Waals surface area contributed by atoms with Gasteiger partial charge in [-0.05, 0) is 78.9 Å². The molecule has 0 unspecified atom stereocenters. The number of nitrogens with one attached hydrogen (secondary N) is 4. The van der Waals surface area contributed by atoms with Crippen molar-refractivity contribution in [1.29, 1.82) is 0 Å². The molecule has 1 aromatic heterocycles. The van der Waals surface area contributed by atoms with Gasteiger partial charge in [-0.25, -0.2) is 4.79 Å². The number of hydrogen-bond donors (Lipinski definition) is 5. The first-order valence-corrected chi connectivity index (χ1v) is 16.4. The van der Waals surface area contributed by atoms with Crippen molar-refractivity contribution in [3.63, 3.8) is 0 Å². The van der Waals surface area contributed by atoms with Crippen molar-refractivity contribution < 1.29 is 42.2 Å². The van der Waals surface area contributed by atoms with Crippen LogP contribution in [-0.4, -0.2) is 69.0 Å². The average Bonchev–Trinajstić information content (AvgIpc) is 3.87. The molecule has 1 aliphatic rings. The van der Waals surface area contributed by atoms with Crippen molar-refractivity contribution in [2.75, 3.05) is 23.8 Å². The van der Waals surface area contributed by atoms with Crippen molar-refractivity contribution in [2.24, 2.45) is 0 Å². The van der Waals surface area contributed by atoms with E-state index in [0.717, 1.165) is 5.56 Å². The number of anilines is 3. The molecule has 1 saturated carbocycles. The van der Waals surface area contributed by atoms with Gasteiger partial charge >= 0.3 is 18.2 Å². The molecule has 52 heavy (non-hydrogen) atoms. The number of carbonyl (C=O) groups is 4. The lowest BCUT2D eigenvalue weighted by Gasteiger charge is -2.19. The van der Waals surface area contributed by atoms with Crippen LogP contribution in [0.4, 0.5) is 30.8 Å². The molecule has 5 N–H and O–H groups in total. The maximum Gasteiger partial charge on any atom is 0.422 e. The monoisotopic (exact) mass is 759 g/mol. The molecule has 0 aliphatic heterocycles. The van der Waals surface area contributed by atoms with Gasteiger partial charge in [-0.3, -0.25) is 14.4 Å². The fraction of sp³-hybridized carbons (Fsp3) is 0.265. The highest BCUT2D eigenvalue weighted by molar-refractivity contribution is 6.36. The Morgan fingerprint density at radius 3 is 2.23 bits per heavy atom. The van der Waals surface area contributed by atoms with Gasteiger partial charge in [0.25, 0.3) is 11.8 Å². The van der Waals surface area contributed by atoms with E-state index in [4.69, 9.17) is 27.9 Å². The second-order valence-electron chi connectivity index (χ2n) is 11.7. The van der Waals surface area contributed by atoms with Crippen molar-refractivity contribution >= 4 is 64.4 Å². The third-order valence-corrected chi connectivity index (χ3v) is 8.20. The third kappa shape index (κ3) is 10.8. The quantitative estimate of drug-likeness (QED) is 0.0914. The maximum absolute atomic E-state index is 12.9. The summed E-state index contributed by atoms with van der Waals surface area (Å²) in [5.74, 6) is -3.96. The van der Waals surface area contributed by atoms with Crippen molar-refractivity contribution in [2.45, 2.75) is 43.4 Å². The number of carboxylic acids is 1. The number of benzene rings is 3. The van der Waals surface area contributed by atoms with Gasteiger partial charge in [0.15, 0.2) is 6.61 Å². The molecule has 1 fully saturated rings. The SMILES string of the molecule is O=C(Cc1cccc(Cl)c1)C(=O)NCC[C@H](NC(=O)c1ccc(Nc2nc(NC3(c4ccc(Cl)cc4)CC3)nc(OCC(F)(F)F)n2)cc1)C(=O)O. The molecule has 0 spiro atoms. The fourth-order valence-corrected chi connectivity index (χ4v) is 5.29. The van der Waals surface area contributed by atoms with Gasteiger partial charge in [-0.1, -0.05) is 47.5 Å². The lowest BCUT2D eigenvalue weighted by Crippen LogP contribution is -2.43. The van der Waals surface area contributed by atoms with Crippen LogP contribution in [0.5, 0.6) is 6.01 Å². The van der Waals surface area contributed by atoms with E-state index in [-0.39, 0.29) is 36.8 Å². The highest BCUT2D eigenvalue weighted by Crippen LogP contribution is 2.48. The number of ketones is 1. The number of carbonyl (C=O) groups excluding carboxylic acids is 3. The Hall–Kier alpha value is -5.48. The van der Waals surface area contributed by atoms with Gasteiger partial charge in [-0.2, -0.15) is 28.1 Å². The van der Waals surface area contributed by atoms with Gasteiger partial charge in [0.05, 0.1) is 5.54 Å². The minimum atomic E-state index is -4.64. The lowest BCUT2D eigenvalue weighted by molar-refractivity contribution is -0.154. The number of halogens is 5. The smallest absolute Gasteiger partial charge is 0.422 e. The molecule has 0 bridgehead atoms. The molecule has 4 aromatic rings. The first-order chi connectivity index (χ1) is 24.7. The van der Waals surface area contributed by atoms with E-state index in [0.29, 0.717) is 34.1 Å². The maximum atomic E-state index is 12.9. The zero-order valence-corrected chi connectivity index (χ0v) is 28.5. The lowest BCUT2D eigenvalue weighted by atomic mass is 10.1. The molecule has 2 amide bonds. The zero-order valence-electron chi connectivity index (χ0n) is 27.0. The van der Waals surface area contributed by atoms with Crippen molar-refractivity contribution in [3.8, 4) is 6.01 Å². The van der Waals surface area contributed by atoms with E-state index in [2.05, 4.69) is 36.2 Å². The highest BCUT2D eigenvalue weighted by Gasteiger charge is 2.45. The summed E-state index contributed by atoms with van der Waals surface area (Å²) in [5, 5.41) is 21.3. The van der Waals surface area contributed by atoms with Crippen LogP contribution in [0.2, 0.25) is 10.0 Å². The minimum Gasteiger partial charge on any atom is -0.480 e. The van der Waals surface area contributed by atoms with Crippen LogP contribution < -0.4 is 26.0 Å². The van der Waals surface area contributed by atoms with Crippen LogP contribution in [0.3, 0.4) is 0 Å². The van der Waals surface area contributed by atoms with Gasteiger partial charge in [0.1, 0.15) is 6.04 Å². The van der Waals surface area contributed by atoms with E-state index < -0.39 is 53.9 Å². The Kier molecular flexibility index (Phi) is 11.8. The van der Waals surface area contributed by atoms with E-state index in [1.54, 1.807) is 36.4 Å². The molecule has 1 atom stereocenters. The summed E-state index contributed by atoms with van der Waals surface area (Å²) in [7, 11) is 0. The summed E-state index contributed by atoms with van der Waals surface area (Å²) in [6.07, 6.45) is -3.65. The summed E-state index contributed by atoms with van der Waals surface area (Å²) in [5.41, 5.74) is 1.26. The summed E-state index contributed by atoms with van der Waals surface area (Å²) < 4.78 is 43.5. The molecular formula is C34H30Cl2F3N7O6. The molecule has 1 aliphatic carbocycles. The molecule has 3 aromatic carbocycles. The number of amides is 2. The number of aromatic nitrogens is 3. The Labute approximate surface area is 304 Å². The van der Waals surface area contributed by atoms with E-state index in [9.17, 15) is 37.5 Å². The van der Waals surface area contributed by atoms with Crippen LogP contribution in [-0.2, 0) is 26.3 Å². The molecule has 0 saturated heterocycles. The number of ether oxygens (including phenoxy) is 1. The number of Topliss-reactive ketones (excluding diaryl/α,β-unsaturated/α-hetero) is 1. The van der Waals surface area contributed by atoms with Crippen LogP contribution in [0.1, 0.15) is 40.7 Å². The number of rotatable bonds is 16. The normalized spacial score (nSPS) is 13.7. The predicted molar refractivity (Wildman–Crippen MR) is 184 cm³/mol. The first-order valence-electron chi connectivity index (χ1n) is 15.6. The van der Waals surface area contributed by atoms with Gasteiger partial charge < -0.3 is 31.1 Å². The molecule has 272 valence electrons. The summed E-state index contributed by atoms with van der Waals surface area (Å²) in [4.78, 5) is 61.4. The number of nitrogens with zero attached hydrogens (tertiary/aromatic N) is 3. The van der Waals surface area contributed by atoms with Crippen LogP contribution >= 0.6 is 23.2 Å². The van der Waals surface area contributed by atoms with Crippen molar-refractivity contribution in [3.05, 3.63) is 99.5 Å². The molecule has 13 nitrogen and oxygen atoms in total. The second-order valence-corrected chi connectivity index (χ2v) is 12.6. The Bertz CT molecular complexity index is 1950. The summed E-state index contributed by atoms with van der Waals surface area (Å²) >= 11 is 11.9.